The van der Waals surface area contributed by atoms with E-state index >= 15 is 0 Å². The van der Waals surface area contributed by atoms with Crippen molar-refractivity contribution in [2.45, 2.75) is 39.2 Å². The van der Waals surface area contributed by atoms with Gasteiger partial charge in [-0.3, -0.25) is 4.79 Å². The molecule has 0 bridgehead atoms. The molecule has 0 saturated carbocycles. The fourth-order valence-corrected chi connectivity index (χ4v) is 2.94. The van der Waals surface area contributed by atoms with Crippen molar-refractivity contribution in [2.75, 3.05) is 6.54 Å². The molecule has 0 fully saturated rings. The summed E-state index contributed by atoms with van der Waals surface area (Å²) in [5.74, 6) is -0.218. The van der Waals surface area contributed by atoms with Gasteiger partial charge in [0.25, 0.3) is 0 Å². The summed E-state index contributed by atoms with van der Waals surface area (Å²) in [5.41, 5.74) is 18.0. The van der Waals surface area contributed by atoms with Crippen LogP contribution in [0.4, 0.5) is 0 Å². The molecular formula is C22H29N3O. The van der Waals surface area contributed by atoms with Crippen molar-refractivity contribution in [3.05, 3.63) is 71.4 Å². The minimum Gasteiger partial charge on any atom is -0.401 e. The number of hydrogen-bond donors (Lipinski definition) is 3. The lowest BCUT2D eigenvalue weighted by Gasteiger charge is -2.14. The van der Waals surface area contributed by atoms with Crippen LogP contribution in [-0.2, 0) is 24.1 Å². The van der Waals surface area contributed by atoms with Crippen LogP contribution < -0.4 is 16.8 Å². The fraction of sp³-hybridized carbons (Fsp3) is 0.318. The predicted molar refractivity (Wildman–Crippen MR) is 109 cm³/mol. The maximum atomic E-state index is 12.0. The molecule has 138 valence electrons. The molecule has 2 aromatic carbocycles. The Labute approximate surface area is 156 Å². The first-order valence-corrected chi connectivity index (χ1v) is 9.12. The van der Waals surface area contributed by atoms with Crippen LogP contribution in [0.5, 0.6) is 0 Å². The molecule has 2 aromatic rings. The van der Waals surface area contributed by atoms with E-state index < -0.39 is 6.04 Å². The molecule has 1 atom stereocenters. The van der Waals surface area contributed by atoms with Crippen LogP contribution in [0.15, 0.2) is 54.7 Å². The lowest BCUT2D eigenvalue weighted by molar-refractivity contribution is -0.122. The van der Waals surface area contributed by atoms with Crippen molar-refractivity contribution < 1.29 is 4.79 Å². The zero-order valence-electron chi connectivity index (χ0n) is 15.7. The molecule has 0 unspecified atom stereocenters. The van der Waals surface area contributed by atoms with Gasteiger partial charge in [0.05, 0.1) is 12.6 Å². The van der Waals surface area contributed by atoms with Crippen LogP contribution in [0.1, 0.15) is 30.5 Å². The third kappa shape index (κ3) is 5.20. The molecular weight excluding hydrogens is 322 g/mol. The van der Waals surface area contributed by atoms with Crippen molar-refractivity contribution in [1.29, 1.82) is 0 Å². The number of aryl methyl sites for hydroxylation is 2. The third-order valence-electron chi connectivity index (χ3n) is 4.51. The maximum Gasteiger partial charge on any atom is 0.237 e. The summed E-state index contributed by atoms with van der Waals surface area (Å²) in [6, 6.07) is 14.3. The highest BCUT2D eigenvalue weighted by atomic mass is 16.2. The van der Waals surface area contributed by atoms with Crippen molar-refractivity contribution in [3.63, 3.8) is 0 Å². The molecule has 26 heavy (non-hydrogen) atoms. The Kier molecular flexibility index (Phi) is 6.98. The zero-order chi connectivity index (χ0) is 19.1. The molecule has 0 heterocycles. The quantitative estimate of drug-likeness (QED) is 0.684. The molecule has 5 N–H and O–H groups in total. The number of nitrogens with one attached hydrogen (secondary N) is 1. The lowest BCUT2D eigenvalue weighted by Crippen LogP contribution is -2.43. The highest BCUT2D eigenvalue weighted by Gasteiger charge is 2.14. The van der Waals surface area contributed by atoms with E-state index in [1.54, 1.807) is 0 Å². The molecule has 0 aliphatic carbocycles. The van der Waals surface area contributed by atoms with E-state index in [9.17, 15) is 4.79 Å². The lowest BCUT2D eigenvalue weighted by atomic mass is 9.94. The highest BCUT2D eigenvalue weighted by molar-refractivity contribution is 5.82. The maximum absolute atomic E-state index is 12.0. The standard InChI is InChI=1S/C22H29N3O/c1-4-16-8-11-20(18(5-2)12-16)19-9-6-17(7-10-19)13-21(24)22(26)25-14-15(3)23/h6-12,21H,3-5,13-14,23-24H2,1-2H3,(H,25,26)/t21-/m0/s1. The summed E-state index contributed by atoms with van der Waals surface area (Å²) >= 11 is 0. The van der Waals surface area contributed by atoms with Gasteiger partial charge in [-0.05, 0) is 47.1 Å². The van der Waals surface area contributed by atoms with Gasteiger partial charge >= 0.3 is 0 Å². The topological polar surface area (TPSA) is 81.1 Å². The summed E-state index contributed by atoms with van der Waals surface area (Å²) in [6.45, 7) is 8.16. The van der Waals surface area contributed by atoms with Crippen LogP contribution in [-0.4, -0.2) is 18.5 Å². The van der Waals surface area contributed by atoms with Gasteiger partial charge in [0.1, 0.15) is 0 Å². The summed E-state index contributed by atoms with van der Waals surface area (Å²) in [6.07, 6.45) is 2.53. The van der Waals surface area contributed by atoms with E-state index in [4.69, 9.17) is 11.5 Å². The SMILES string of the molecule is C=C(N)CNC(=O)[C@@H](N)Cc1ccc(-c2ccc(CC)cc2CC)cc1. The van der Waals surface area contributed by atoms with Gasteiger partial charge in [-0.1, -0.05) is 62.9 Å². The monoisotopic (exact) mass is 351 g/mol. The van der Waals surface area contributed by atoms with E-state index in [0.29, 0.717) is 12.1 Å². The van der Waals surface area contributed by atoms with Gasteiger partial charge in [0.15, 0.2) is 0 Å². The number of carbonyl (C=O) groups excluding carboxylic acids is 1. The van der Waals surface area contributed by atoms with Crippen LogP contribution in [0.3, 0.4) is 0 Å². The Morgan fingerprint density at radius 2 is 1.73 bits per heavy atom. The molecule has 0 radical (unpaired) electrons. The van der Waals surface area contributed by atoms with Gasteiger partial charge < -0.3 is 16.8 Å². The summed E-state index contributed by atoms with van der Waals surface area (Å²) in [4.78, 5) is 12.0. The average molecular weight is 351 g/mol. The Hall–Kier alpha value is -2.59. The minimum atomic E-state index is -0.602. The third-order valence-corrected chi connectivity index (χ3v) is 4.51. The molecule has 4 nitrogen and oxygen atoms in total. The second-order valence-corrected chi connectivity index (χ2v) is 6.58. The minimum absolute atomic E-state index is 0.218. The average Bonchev–Trinajstić information content (AvgIpc) is 2.66. The number of nitrogens with two attached hydrogens (primary N) is 2. The van der Waals surface area contributed by atoms with Crippen molar-refractivity contribution >= 4 is 5.91 Å². The van der Waals surface area contributed by atoms with Gasteiger partial charge in [-0.15, -0.1) is 0 Å². The zero-order valence-corrected chi connectivity index (χ0v) is 15.7. The number of benzene rings is 2. The Balaban J connectivity index is 2.09. The number of amides is 1. The summed E-state index contributed by atoms with van der Waals surface area (Å²) in [5, 5.41) is 2.68. The molecule has 4 heteroatoms. The molecule has 2 rings (SSSR count). The van der Waals surface area contributed by atoms with Gasteiger partial charge in [0.2, 0.25) is 5.91 Å². The smallest absolute Gasteiger partial charge is 0.237 e. The molecule has 0 spiro atoms. The number of rotatable bonds is 8. The largest absolute Gasteiger partial charge is 0.401 e. The first-order chi connectivity index (χ1) is 12.4. The summed E-state index contributed by atoms with van der Waals surface area (Å²) in [7, 11) is 0. The fourth-order valence-electron chi connectivity index (χ4n) is 2.94. The summed E-state index contributed by atoms with van der Waals surface area (Å²) < 4.78 is 0. The van der Waals surface area contributed by atoms with E-state index in [0.717, 1.165) is 18.4 Å². The predicted octanol–water partition coefficient (Wildman–Crippen LogP) is 2.94. The number of hydrogen-bond acceptors (Lipinski definition) is 3. The van der Waals surface area contributed by atoms with E-state index in [1.807, 2.05) is 12.1 Å². The van der Waals surface area contributed by atoms with Gasteiger partial charge in [-0.25, -0.2) is 0 Å². The van der Waals surface area contributed by atoms with Gasteiger partial charge in [-0.2, -0.15) is 0 Å². The second kappa shape index (κ2) is 9.20. The molecule has 0 aliphatic heterocycles. The van der Waals surface area contributed by atoms with Gasteiger partial charge in [0, 0.05) is 5.70 Å². The van der Waals surface area contributed by atoms with Crippen molar-refractivity contribution in [3.8, 4) is 11.1 Å². The Morgan fingerprint density at radius 1 is 1.08 bits per heavy atom. The first-order valence-electron chi connectivity index (χ1n) is 9.12. The van der Waals surface area contributed by atoms with E-state index in [2.05, 4.69) is 56.1 Å². The van der Waals surface area contributed by atoms with E-state index in [-0.39, 0.29) is 12.5 Å². The van der Waals surface area contributed by atoms with Crippen LogP contribution in [0, 0.1) is 0 Å². The molecule has 0 aromatic heterocycles. The molecule has 1 amide bonds. The van der Waals surface area contributed by atoms with Crippen LogP contribution in [0.25, 0.3) is 11.1 Å². The van der Waals surface area contributed by atoms with E-state index in [1.165, 1.54) is 22.3 Å². The van der Waals surface area contributed by atoms with Crippen molar-refractivity contribution in [2.24, 2.45) is 11.5 Å². The Bertz CT molecular complexity index is 765. The highest BCUT2D eigenvalue weighted by Crippen LogP contribution is 2.26. The number of carbonyl (C=O) groups is 1. The normalized spacial score (nSPS) is 11.8. The molecule has 0 saturated heterocycles. The van der Waals surface area contributed by atoms with Crippen LogP contribution >= 0.6 is 0 Å². The van der Waals surface area contributed by atoms with Crippen LogP contribution in [0.2, 0.25) is 0 Å². The second-order valence-electron chi connectivity index (χ2n) is 6.58. The first kappa shape index (κ1) is 19.7. The molecule has 0 aliphatic rings. The Morgan fingerprint density at radius 3 is 2.31 bits per heavy atom. The van der Waals surface area contributed by atoms with Crippen molar-refractivity contribution in [1.82, 2.24) is 5.32 Å².